The number of halogens is 3. The van der Waals surface area contributed by atoms with E-state index < -0.39 is 23.9 Å². The summed E-state index contributed by atoms with van der Waals surface area (Å²) in [7, 11) is 0. The van der Waals surface area contributed by atoms with E-state index in [-0.39, 0.29) is 19.0 Å². The van der Waals surface area contributed by atoms with E-state index in [9.17, 15) is 27.6 Å². The fraction of sp³-hybridized carbons (Fsp3) is 0.438. The van der Waals surface area contributed by atoms with Crippen molar-refractivity contribution in [1.29, 1.82) is 0 Å². The number of carbonyl (C=O) groups excluding carboxylic acids is 3. The van der Waals surface area contributed by atoms with Crippen LogP contribution in [-0.4, -0.2) is 41.9 Å². The number of nitrogens with zero attached hydrogens (tertiary/aromatic N) is 1. The maximum absolute atomic E-state index is 12.5. The molecule has 9 heteroatoms. The lowest BCUT2D eigenvalue weighted by Crippen LogP contribution is -2.48. The van der Waals surface area contributed by atoms with Crippen LogP contribution in [0.5, 0.6) is 0 Å². The van der Waals surface area contributed by atoms with Gasteiger partial charge in [0.1, 0.15) is 0 Å². The van der Waals surface area contributed by atoms with Crippen molar-refractivity contribution in [3.8, 4) is 0 Å². The first-order chi connectivity index (χ1) is 11.7. The van der Waals surface area contributed by atoms with Gasteiger partial charge in [0.05, 0.1) is 5.92 Å². The minimum atomic E-state index is -4.93. The maximum atomic E-state index is 12.5. The van der Waals surface area contributed by atoms with E-state index in [4.69, 9.17) is 0 Å². The number of rotatable bonds is 3. The minimum absolute atomic E-state index is 0.00641. The number of nitrogens with one attached hydrogen (secondary N) is 2. The molecule has 6 nitrogen and oxygen atoms in total. The summed E-state index contributed by atoms with van der Waals surface area (Å²) in [4.78, 5) is 35.2. The van der Waals surface area contributed by atoms with Crippen molar-refractivity contribution in [2.75, 3.05) is 23.7 Å². The molecule has 2 rings (SSSR count). The lowest BCUT2D eigenvalue weighted by atomic mass is 9.97. The Morgan fingerprint density at radius 1 is 1.08 bits per heavy atom. The number of benzene rings is 1. The van der Waals surface area contributed by atoms with Crippen LogP contribution in [0.1, 0.15) is 19.8 Å². The number of likely N-dealkylation sites (tertiary alicyclic amines) is 1. The molecule has 1 heterocycles. The van der Waals surface area contributed by atoms with Crippen molar-refractivity contribution in [1.82, 2.24) is 4.90 Å². The number of piperidine rings is 1. The fourth-order valence-corrected chi connectivity index (χ4v) is 2.64. The van der Waals surface area contributed by atoms with Crippen LogP contribution in [0.4, 0.5) is 24.5 Å². The average molecular weight is 357 g/mol. The topological polar surface area (TPSA) is 78.5 Å². The second-order valence-electron chi connectivity index (χ2n) is 5.84. The van der Waals surface area contributed by atoms with Gasteiger partial charge in [-0.1, -0.05) is 0 Å². The first-order valence-corrected chi connectivity index (χ1v) is 7.71. The number of amides is 3. The molecule has 1 atom stereocenters. The van der Waals surface area contributed by atoms with Crippen LogP contribution in [0.2, 0.25) is 0 Å². The van der Waals surface area contributed by atoms with Crippen molar-refractivity contribution in [2.45, 2.75) is 25.9 Å². The van der Waals surface area contributed by atoms with Crippen LogP contribution >= 0.6 is 0 Å². The summed E-state index contributed by atoms with van der Waals surface area (Å²) in [6, 6.07) is 6.34. The summed E-state index contributed by atoms with van der Waals surface area (Å²) in [5.41, 5.74) is 1.02. The predicted octanol–water partition coefficient (Wildman–Crippen LogP) is 2.38. The summed E-state index contributed by atoms with van der Waals surface area (Å²) < 4.78 is 37.5. The summed E-state index contributed by atoms with van der Waals surface area (Å²) in [5.74, 6) is -3.28. The highest BCUT2D eigenvalue weighted by atomic mass is 19.4. The third-order valence-corrected chi connectivity index (χ3v) is 3.79. The van der Waals surface area contributed by atoms with Crippen LogP contribution in [0.25, 0.3) is 0 Å². The van der Waals surface area contributed by atoms with E-state index in [1.54, 1.807) is 24.3 Å². The van der Waals surface area contributed by atoms with E-state index in [1.165, 1.54) is 6.92 Å². The van der Waals surface area contributed by atoms with Crippen LogP contribution in [0.15, 0.2) is 24.3 Å². The monoisotopic (exact) mass is 357 g/mol. The molecular weight excluding hydrogens is 339 g/mol. The van der Waals surface area contributed by atoms with E-state index in [0.29, 0.717) is 29.1 Å². The van der Waals surface area contributed by atoms with Crippen LogP contribution in [-0.2, 0) is 14.4 Å². The van der Waals surface area contributed by atoms with E-state index in [1.807, 2.05) is 0 Å². The Balaban J connectivity index is 1.96. The Morgan fingerprint density at radius 2 is 1.64 bits per heavy atom. The van der Waals surface area contributed by atoms with Gasteiger partial charge in [-0.25, -0.2) is 0 Å². The van der Waals surface area contributed by atoms with E-state index in [0.717, 1.165) is 0 Å². The Hall–Kier alpha value is -2.58. The van der Waals surface area contributed by atoms with Crippen molar-refractivity contribution in [2.24, 2.45) is 5.92 Å². The SMILES string of the molecule is CC(=O)Nc1ccc(NC(=O)C2CCCN(C(=O)C(F)(F)F)C2)cc1. The van der Waals surface area contributed by atoms with Crippen molar-refractivity contribution >= 4 is 29.1 Å². The zero-order chi connectivity index (χ0) is 18.6. The lowest BCUT2D eigenvalue weighted by Gasteiger charge is -2.32. The van der Waals surface area contributed by atoms with Gasteiger partial charge in [0.2, 0.25) is 11.8 Å². The van der Waals surface area contributed by atoms with Gasteiger partial charge in [0, 0.05) is 31.4 Å². The quantitative estimate of drug-likeness (QED) is 0.872. The molecule has 1 aromatic rings. The van der Waals surface area contributed by atoms with Gasteiger partial charge in [0.25, 0.3) is 0 Å². The summed E-state index contributed by atoms with van der Waals surface area (Å²) >= 11 is 0. The first-order valence-electron chi connectivity index (χ1n) is 7.71. The van der Waals surface area contributed by atoms with Gasteiger partial charge in [-0.15, -0.1) is 0 Å². The molecular formula is C16H18F3N3O3. The van der Waals surface area contributed by atoms with Gasteiger partial charge in [-0.3, -0.25) is 14.4 Å². The molecule has 0 bridgehead atoms. The molecule has 25 heavy (non-hydrogen) atoms. The zero-order valence-electron chi connectivity index (χ0n) is 13.5. The Kier molecular flexibility index (Phi) is 5.66. The third kappa shape index (κ3) is 5.20. The first kappa shape index (κ1) is 18.8. The second-order valence-corrected chi connectivity index (χ2v) is 5.84. The highest BCUT2D eigenvalue weighted by Crippen LogP contribution is 2.25. The van der Waals surface area contributed by atoms with E-state index >= 15 is 0 Å². The second kappa shape index (κ2) is 7.54. The molecule has 0 spiro atoms. The van der Waals surface area contributed by atoms with Gasteiger partial charge in [0.15, 0.2) is 0 Å². The number of alkyl halides is 3. The van der Waals surface area contributed by atoms with Crippen LogP contribution in [0, 0.1) is 5.92 Å². The molecule has 1 unspecified atom stereocenters. The summed E-state index contributed by atoms with van der Waals surface area (Å²) in [5, 5.41) is 5.20. The van der Waals surface area contributed by atoms with Crippen molar-refractivity contribution < 1.29 is 27.6 Å². The molecule has 1 aliphatic heterocycles. The molecule has 1 fully saturated rings. The molecule has 136 valence electrons. The molecule has 3 amide bonds. The van der Waals surface area contributed by atoms with Gasteiger partial charge in [-0.2, -0.15) is 13.2 Å². The highest BCUT2D eigenvalue weighted by molar-refractivity contribution is 5.94. The average Bonchev–Trinajstić information content (AvgIpc) is 2.54. The fourth-order valence-electron chi connectivity index (χ4n) is 2.64. The van der Waals surface area contributed by atoms with E-state index in [2.05, 4.69) is 10.6 Å². The molecule has 0 aliphatic carbocycles. The standard InChI is InChI=1S/C16H18F3N3O3/c1-10(23)20-12-4-6-13(7-5-12)21-14(24)11-3-2-8-22(9-11)15(25)16(17,18)19/h4-7,11H,2-3,8-9H2,1H3,(H,20,23)(H,21,24). The molecule has 0 radical (unpaired) electrons. The number of anilines is 2. The predicted molar refractivity (Wildman–Crippen MR) is 84.7 cm³/mol. The summed E-state index contributed by atoms with van der Waals surface area (Å²) in [6.45, 7) is 1.11. The number of carbonyl (C=O) groups is 3. The lowest BCUT2D eigenvalue weighted by molar-refractivity contribution is -0.187. The van der Waals surface area contributed by atoms with Gasteiger partial charge < -0.3 is 15.5 Å². The molecule has 1 saturated heterocycles. The van der Waals surface area contributed by atoms with Crippen LogP contribution in [0.3, 0.4) is 0 Å². The number of hydrogen-bond donors (Lipinski definition) is 2. The zero-order valence-corrected chi connectivity index (χ0v) is 13.5. The maximum Gasteiger partial charge on any atom is 0.471 e. The minimum Gasteiger partial charge on any atom is -0.334 e. The van der Waals surface area contributed by atoms with Gasteiger partial charge in [-0.05, 0) is 37.1 Å². The van der Waals surface area contributed by atoms with Crippen LogP contribution < -0.4 is 10.6 Å². The molecule has 0 aromatic heterocycles. The largest absolute Gasteiger partial charge is 0.471 e. The molecule has 2 N–H and O–H groups in total. The van der Waals surface area contributed by atoms with Gasteiger partial charge >= 0.3 is 12.1 Å². The molecule has 0 saturated carbocycles. The van der Waals surface area contributed by atoms with Crippen molar-refractivity contribution in [3.63, 3.8) is 0 Å². The highest BCUT2D eigenvalue weighted by Gasteiger charge is 2.44. The number of hydrogen-bond acceptors (Lipinski definition) is 3. The third-order valence-electron chi connectivity index (χ3n) is 3.79. The Labute approximate surface area is 142 Å². The smallest absolute Gasteiger partial charge is 0.334 e. The summed E-state index contributed by atoms with van der Waals surface area (Å²) in [6.07, 6.45) is -4.18. The Bertz CT molecular complexity index is 659. The van der Waals surface area contributed by atoms with Crippen molar-refractivity contribution in [3.05, 3.63) is 24.3 Å². The molecule has 1 aliphatic rings. The molecule has 1 aromatic carbocycles. The Morgan fingerprint density at radius 3 is 2.16 bits per heavy atom. The normalized spacial score (nSPS) is 17.8.